The number of carbonyl (C=O) groups is 1. The number of benzene rings is 1. The quantitative estimate of drug-likeness (QED) is 0.922. The molecule has 5 heteroatoms. The van der Waals surface area contributed by atoms with Crippen molar-refractivity contribution in [2.45, 2.75) is 26.8 Å². The largest absolute Gasteiger partial charge is 0.486 e. The van der Waals surface area contributed by atoms with Crippen molar-refractivity contribution in [2.24, 2.45) is 5.92 Å². The highest BCUT2D eigenvalue weighted by molar-refractivity contribution is 7.13. The Morgan fingerprint density at radius 2 is 1.87 bits per heavy atom. The van der Waals surface area contributed by atoms with Crippen LogP contribution in [-0.4, -0.2) is 19.1 Å². The molecule has 1 aromatic heterocycles. The lowest BCUT2D eigenvalue weighted by Crippen LogP contribution is -2.31. The number of rotatable bonds is 4. The van der Waals surface area contributed by atoms with Crippen LogP contribution in [0.4, 0.5) is 0 Å². The minimum Gasteiger partial charge on any atom is -0.486 e. The number of aryl methyl sites for hydroxylation is 1. The van der Waals surface area contributed by atoms with Crippen LogP contribution in [0.1, 0.15) is 40.0 Å². The van der Waals surface area contributed by atoms with E-state index >= 15 is 0 Å². The summed E-state index contributed by atoms with van der Waals surface area (Å²) >= 11 is 1.51. The Kier molecular flexibility index (Phi) is 4.57. The first-order chi connectivity index (χ1) is 11.0. The van der Waals surface area contributed by atoms with Gasteiger partial charge in [0.1, 0.15) is 13.2 Å². The summed E-state index contributed by atoms with van der Waals surface area (Å²) in [6.45, 7) is 7.34. The standard InChI is InChI=1S/C18H21NO3S/c1-11(2)17(19-18(20)16-7-4-12(3)23-16)13-5-6-14-15(10-13)22-9-8-21-14/h4-7,10-11,17H,8-9H2,1-3H3,(H,19,20)/t17-/m1/s1. The average molecular weight is 331 g/mol. The van der Waals surface area contributed by atoms with Crippen LogP contribution < -0.4 is 14.8 Å². The van der Waals surface area contributed by atoms with E-state index in [1.54, 1.807) is 0 Å². The van der Waals surface area contributed by atoms with Gasteiger partial charge in [-0.1, -0.05) is 19.9 Å². The van der Waals surface area contributed by atoms with Crippen molar-refractivity contribution in [1.29, 1.82) is 0 Å². The van der Waals surface area contributed by atoms with Crippen LogP contribution >= 0.6 is 11.3 Å². The Balaban J connectivity index is 1.82. The molecule has 4 nitrogen and oxygen atoms in total. The van der Waals surface area contributed by atoms with E-state index in [4.69, 9.17) is 9.47 Å². The van der Waals surface area contributed by atoms with Crippen LogP contribution in [0.3, 0.4) is 0 Å². The normalized spacial score (nSPS) is 14.6. The number of hydrogen-bond donors (Lipinski definition) is 1. The predicted octanol–water partition coefficient (Wildman–Crippen LogP) is 3.95. The fourth-order valence-corrected chi connectivity index (χ4v) is 3.43. The summed E-state index contributed by atoms with van der Waals surface area (Å²) in [5.41, 5.74) is 1.03. The van der Waals surface area contributed by atoms with Crippen LogP contribution in [0, 0.1) is 12.8 Å². The van der Waals surface area contributed by atoms with Gasteiger partial charge in [-0.3, -0.25) is 4.79 Å². The topological polar surface area (TPSA) is 47.6 Å². The highest BCUT2D eigenvalue weighted by Gasteiger charge is 2.22. The molecule has 0 spiro atoms. The molecule has 1 amide bonds. The molecule has 3 rings (SSSR count). The van der Waals surface area contributed by atoms with Crippen LogP contribution in [-0.2, 0) is 0 Å². The molecule has 0 fully saturated rings. The van der Waals surface area contributed by atoms with E-state index in [1.165, 1.54) is 11.3 Å². The molecule has 1 aliphatic rings. The Bertz CT molecular complexity index is 708. The zero-order valence-corrected chi connectivity index (χ0v) is 14.4. The molecule has 2 aromatic rings. The molecule has 1 aliphatic heterocycles. The summed E-state index contributed by atoms with van der Waals surface area (Å²) in [7, 11) is 0. The monoisotopic (exact) mass is 331 g/mol. The van der Waals surface area contributed by atoms with Gasteiger partial charge in [-0.2, -0.15) is 0 Å². The molecular formula is C18H21NO3S. The Morgan fingerprint density at radius 3 is 2.52 bits per heavy atom. The molecule has 0 saturated carbocycles. The smallest absolute Gasteiger partial charge is 0.261 e. The minimum atomic E-state index is -0.0688. The molecule has 0 unspecified atom stereocenters. The number of carbonyl (C=O) groups excluding carboxylic acids is 1. The summed E-state index contributed by atoms with van der Waals surface area (Å²) < 4.78 is 11.2. The highest BCUT2D eigenvalue weighted by atomic mass is 32.1. The fraction of sp³-hybridized carbons (Fsp3) is 0.389. The van der Waals surface area contributed by atoms with Gasteiger partial charge in [0.25, 0.3) is 5.91 Å². The van der Waals surface area contributed by atoms with E-state index in [-0.39, 0.29) is 17.9 Å². The molecule has 2 heterocycles. The second-order valence-electron chi connectivity index (χ2n) is 6.01. The fourth-order valence-electron chi connectivity index (χ4n) is 2.66. The second-order valence-corrected chi connectivity index (χ2v) is 7.30. The zero-order valence-electron chi connectivity index (χ0n) is 13.6. The van der Waals surface area contributed by atoms with Crippen LogP contribution in [0.2, 0.25) is 0 Å². The maximum atomic E-state index is 12.5. The molecule has 122 valence electrons. The molecule has 0 bridgehead atoms. The van der Waals surface area contributed by atoms with Crippen LogP contribution in [0.5, 0.6) is 11.5 Å². The first-order valence-electron chi connectivity index (χ1n) is 7.81. The lowest BCUT2D eigenvalue weighted by Gasteiger charge is -2.25. The maximum Gasteiger partial charge on any atom is 0.261 e. The summed E-state index contributed by atoms with van der Waals surface area (Å²) in [6, 6.07) is 9.66. The Hall–Kier alpha value is -2.01. The molecule has 1 aromatic carbocycles. The van der Waals surface area contributed by atoms with Crippen molar-refractivity contribution in [3.05, 3.63) is 45.6 Å². The molecule has 0 aliphatic carbocycles. The lowest BCUT2D eigenvalue weighted by atomic mass is 9.95. The molecule has 0 radical (unpaired) electrons. The first kappa shape index (κ1) is 15.9. The molecule has 0 saturated heterocycles. The third-order valence-corrected chi connectivity index (χ3v) is 4.84. The average Bonchev–Trinajstić information content (AvgIpc) is 2.98. The number of ether oxygens (including phenoxy) is 2. The number of fused-ring (bicyclic) bond motifs is 1. The number of amides is 1. The first-order valence-corrected chi connectivity index (χ1v) is 8.63. The van der Waals surface area contributed by atoms with Gasteiger partial charge >= 0.3 is 0 Å². The van der Waals surface area contributed by atoms with Gasteiger partial charge in [0.15, 0.2) is 11.5 Å². The van der Waals surface area contributed by atoms with E-state index in [1.807, 2.05) is 37.3 Å². The molecule has 23 heavy (non-hydrogen) atoms. The van der Waals surface area contributed by atoms with Crippen LogP contribution in [0.25, 0.3) is 0 Å². The van der Waals surface area contributed by atoms with E-state index in [9.17, 15) is 4.79 Å². The third-order valence-electron chi connectivity index (χ3n) is 3.84. The summed E-state index contributed by atoms with van der Waals surface area (Å²) in [5, 5.41) is 3.14. The van der Waals surface area contributed by atoms with Gasteiger partial charge in [0.2, 0.25) is 0 Å². The van der Waals surface area contributed by atoms with E-state index in [0.29, 0.717) is 13.2 Å². The Labute approximate surface area is 140 Å². The van der Waals surface area contributed by atoms with Crippen molar-refractivity contribution < 1.29 is 14.3 Å². The van der Waals surface area contributed by atoms with E-state index < -0.39 is 0 Å². The lowest BCUT2D eigenvalue weighted by molar-refractivity contribution is 0.0929. The van der Waals surface area contributed by atoms with Crippen molar-refractivity contribution in [1.82, 2.24) is 5.32 Å². The van der Waals surface area contributed by atoms with Crippen molar-refractivity contribution in [3.8, 4) is 11.5 Å². The van der Waals surface area contributed by atoms with E-state index in [0.717, 1.165) is 26.8 Å². The van der Waals surface area contributed by atoms with Crippen molar-refractivity contribution >= 4 is 17.2 Å². The van der Waals surface area contributed by atoms with Crippen LogP contribution in [0.15, 0.2) is 30.3 Å². The maximum absolute atomic E-state index is 12.5. The summed E-state index contributed by atoms with van der Waals surface area (Å²) in [5.74, 6) is 1.75. The van der Waals surface area contributed by atoms with Crippen molar-refractivity contribution in [2.75, 3.05) is 13.2 Å². The predicted molar refractivity (Wildman–Crippen MR) is 91.5 cm³/mol. The second kappa shape index (κ2) is 6.62. The summed E-state index contributed by atoms with van der Waals surface area (Å²) in [6.07, 6.45) is 0. The number of hydrogen-bond acceptors (Lipinski definition) is 4. The molecule has 1 N–H and O–H groups in total. The molecular weight excluding hydrogens is 310 g/mol. The molecule has 1 atom stereocenters. The number of nitrogens with one attached hydrogen (secondary N) is 1. The zero-order chi connectivity index (χ0) is 16.4. The van der Waals surface area contributed by atoms with Gasteiger partial charge in [-0.25, -0.2) is 0 Å². The van der Waals surface area contributed by atoms with Crippen molar-refractivity contribution in [3.63, 3.8) is 0 Å². The van der Waals surface area contributed by atoms with Gasteiger partial charge < -0.3 is 14.8 Å². The van der Waals surface area contributed by atoms with E-state index in [2.05, 4.69) is 19.2 Å². The van der Waals surface area contributed by atoms with Gasteiger partial charge in [-0.05, 0) is 42.7 Å². The van der Waals surface area contributed by atoms with Gasteiger partial charge in [0, 0.05) is 4.88 Å². The van der Waals surface area contributed by atoms with Gasteiger partial charge in [0.05, 0.1) is 10.9 Å². The SMILES string of the molecule is Cc1ccc(C(=O)N[C@@H](c2ccc3c(c2)OCCO3)C(C)C)s1. The number of thiophene rings is 1. The Morgan fingerprint density at radius 1 is 1.13 bits per heavy atom. The van der Waals surface area contributed by atoms with Gasteiger partial charge in [-0.15, -0.1) is 11.3 Å². The third kappa shape index (κ3) is 3.50. The summed E-state index contributed by atoms with van der Waals surface area (Å²) in [4.78, 5) is 14.4. The highest BCUT2D eigenvalue weighted by Crippen LogP contribution is 2.34. The minimum absolute atomic E-state index is 0.0308.